The van der Waals surface area contributed by atoms with Crippen LogP contribution in [-0.2, 0) is 9.59 Å². The number of hydrogen-bond acceptors (Lipinski definition) is 2. The number of rotatable bonds is 3. The van der Waals surface area contributed by atoms with Crippen LogP contribution in [0.5, 0.6) is 0 Å². The van der Waals surface area contributed by atoms with E-state index in [1.807, 2.05) is 0 Å². The van der Waals surface area contributed by atoms with Crippen molar-refractivity contribution >= 4 is 11.7 Å². The highest BCUT2D eigenvalue weighted by molar-refractivity contribution is 5.82. The minimum atomic E-state index is 0.0625. The number of carbonyl (C=O) groups is 2. The zero-order chi connectivity index (χ0) is 9.14. The number of ketones is 1. The van der Waals surface area contributed by atoms with Crippen molar-refractivity contribution in [3.8, 4) is 0 Å². The molecular weight excluding hydrogens is 154 g/mol. The molecule has 1 aliphatic rings. The Labute approximate surface area is 72.0 Å². The van der Waals surface area contributed by atoms with E-state index in [0.717, 1.165) is 6.42 Å². The molecule has 1 unspecified atom stereocenters. The van der Waals surface area contributed by atoms with Gasteiger partial charge in [0.2, 0.25) is 5.91 Å². The van der Waals surface area contributed by atoms with Gasteiger partial charge in [0.1, 0.15) is 5.78 Å². The molecule has 66 valence electrons. The maximum atomic E-state index is 11.1. The SMILES string of the molecule is C=CN1C(=O)CCC1CC(C)=O. The fourth-order valence-electron chi connectivity index (χ4n) is 1.55. The van der Waals surface area contributed by atoms with Crippen LogP contribution in [0.15, 0.2) is 12.8 Å². The Balaban J connectivity index is 2.60. The average molecular weight is 167 g/mol. The molecule has 1 rings (SSSR count). The number of carbonyl (C=O) groups excluding carboxylic acids is 2. The average Bonchev–Trinajstić information content (AvgIpc) is 2.30. The number of hydrogen-bond donors (Lipinski definition) is 0. The van der Waals surface area contributed by atoms with Gasteiger partial charge in [-0.15, -0.1) is 0 Å². The molecule has 0 aromatic carbocycles. The van der Waals surface area contributed by atoms with Crippen LogP contribution in [0.1, 0.15) is 26.2 Å². The quantitative estimate of drug-likeness (QED) is 0.631. The molecule has 0 N–H and O–H groups in total. The van der Waals surface area contributed by atoms with Crippen molar-refractivity contribution < 1.29 is 9.59 Å². The predicted octanol–water partition coefficient (Wildman–Crippen LogP) is 1.10. The van der Waals surface area contributed by atoms with Gasteiger partial charge < -0.3 is 4.90 Å². The molecule has 1 heterocycles. The molecule has 0 bridgehead atoms. The third kappa shape index (κ3) is 1.72. The Morgan fingerprint density at radius 3 is 3.00 bits per heavy atom. The van der Waals surface area contributed by atoms with Crippen LogP contribution in [0.25, 0.3) is 0 Å². The molecule has 12 heavy (non-hydrogen) atoms. The number of likely N-dealkylation sites (tertiary alicyclic amines) is 1. The summed E-state index contributed by atoms with van der Waals surface area (Å²) in [6.45, 7) is 5.09. The Morgan fingerprint density at radius 1 is 1.83 bits per heavy atom. The van der Waals surface area contributed by atoms with Crippen LogP contribution < -0.4 is 0 Å². The summed E-state index contributed by atoms with van der Waals surface area (Å²) < 4.78 is 0. The first-order valence-corrected chi connectivity index (χ1v) is 4.08. The van der Waals surface area contributed by atoms with E-state index in [1.165, 1.54) is 6.20 Å². The molecule has 3 heteroatoms. The Hall–Kier alpha value is -1.12. The van der Waals surface area contributed by atoms with Gasteiger partial charge in [-0.2, -0.15) is 0 Å². The van der Waals surface area contributed by atoms with E-state index in [-0.39, 0.29) is 17.7 Å². The molecule has 0 aromatic heterocycles. The van der Waals surface area contributed by atoms with Crippen molar-refractivity contribution in [3.05, 3.63) is 12.8 Å². The van der Waals surface area contributed by atoms with E-state index >= 15 is 0 Å². The fraction of sp³-hybridized carbons (Fsp3) is 0.556. The van der Waals surface area contributed by atoms with Crippen LogP contribution >= 0.6 is 0 Å². The van der Waals surface area contributed by atoms with Crippen LogP contribution in [0.2, 0.25) is 0 Å². The number of Topliss-reactive ketones (excluding diaryl/α,β-unsaturated/α-hetero) is 1. The minimum absolute atomic E-state index is 0.0625. The van der Waals surface area contributed by atoms with Gasteiger partial charge in [-0.25, -0.2) is 0 Å². The van der Waals surface area contributed by atoms with E-state index in [2.05, 4.69) is 6.58 Å². The summed E-state index contributed by atoms with van der Waals surface area (Å²) in [5, 5.41) is 0. The number of amides is 1. The standard InChI is InChI=1S/C9H13NO2/c1-3-10-8(6-7(2)11)4-5-9(10)12/h3,8H,1,4-6H2,2H3. The minimum Gasteiger partial charge on any atom is -0.316 e. The summed E-state index contributed by atoms with van der Waals surface area (Å²) in [4.78, 5) is 23.5. The predicted molar refractivity (Wildman–Crippen MR) is 45.4 cm³/mol. The van der Waals surface area contributed by atoms with Gasteiger partial charge in [0.05, 0.1) is 0 Å². The van der Waals surface area contributed by atoms with Gasteiger partial charge in [-0.3, -0.25) is 9.59 Å². The van der Waals surface area contributed by atoms with Crippen LogP contribution in [0, 0.1) is 0 Å². The molecule has 1 saturated heterocycles. The first-order valence-electron chi connectivity index (χ1n) is 4.08. The second kappa shape index (κ2) is 3.52. The second-order valence-electron chi connectivity index (χ2n) is 3.08. The van der Waals surface area contributed by atoms with E-state index in [1.54, 1.807) is 11.8 Å². The zero-order valence-electron chi connectivity index (χ0n) is 7.25. The highest BCUT2D eigenvalue weighted by atomic mass is 16.2. The molecule has 0 aromatic rings. The Kier molecular flexibility index (Phi) is 2.63. The number of nitrogens with zero attached hydrogens (tertiary/aromatic N) is 1. The summed E-state index contributed by atoms with van der Waals surface area (Å²) in [6, 6.07) is 0.0625. The van der Waals surface area contributed by atoms with Gasteiger partial charge in [0, 0.05) is 18.9 Å². The van der Waals surface area contributed by atoms with Crippen molar-refractivity contribution in [2.45, 2.75) is 32.2 Å². The highest BCUT2D eigenvalue weighted by Gasteiger charge is 2.29. The second-order valence-corrected chi connectivity index (χ2v) is 3.08. The van der Waals surface area contributed by atoms with Gasteiger partial charge in [0.25, 0.3) is 0 Å². The van der Waals surface area contributed by atoms with Crippen molar-refractivity contribution in [1.82, 2.24) is 4.90 Å². The molecule has 3 nitrogen and oxygen atoms in total. The van der Waals surface area contributed by atoms with Crippen molar-refractivity contribution in [1.29, 1.82) is 0 Å². The van der Waals surface area contributed by atoms with Crippen molar-refractivity contribution in [2.75, 3.05) is 0 Å². The summed E-state index contributed by atoms with van der Waals surface area (Å²) in [6.07, 6.45) is 3.30. The third-order valence-corrected chi connectivity index (χ3v) is 2.09. The van der Waals surface area contributed by atoms with E-state index in [4.69, 9.17) is 0 Å². The monoisotopic (exact) mass is 167 g/mol. The summed E-state index contributed by atoms with van der Waals surface area (Å²) in [7, 11) is 0. The normalized spacial score (nSPS) is 22.9. The van der Waals surface area contributed by atoms with Crippen LogP contribution in [0.3, 0.4) is 0 Å². The van der Waals surface area contributed by atoms with Gasteiger partial charge in [-0.05, 0) is 19.5 Å². The smallest absolute Gasteiger partial charge is 0.226 e. The van der Waals surface area contributed by atoms with Crippen molar-refractivity contribution in [2.24, 2.45) is 0 Å². The lowest BCUT2D eigenvalue weighted by Crippen LogP contribution is -2.28. The van der Waals surface area contributed by atoms with E-state index in [0.29, 0.717) is 12.8 Å². The maximum Gasteiger partial charge on any atom is 0.226 e. The molecule has 1 aliphatic heterocycles. The van der Waals surface area contributed by atoms with Crippen LogP contribution in [0.4, 0.5) is 0 Å². The molecular formula is C9H13NO2. The lowest BCUT2D eigenvalue weighted by Gasteiger charge is -2.18. The van der Waals surface area contributed by atoms with Crippen LogP contribution in [-0.4, -0.2) is 22.6 Å². The molecule has 0 spiro atoms. The topological polar surface area (TPSA) is 37.4 Å². The Morgan fingerprint density at radius 2 is 2.50 bits per heavy atom. The molecule has 1 amide bonds. The maximum absolute atomic E-state index is 11.1. The zero-order valence-corrected chi connectivity index (χ0v) is 7.25. The third-order valence-electron chi connectivity index (χ3n) is 2.09. The first-order chi connectivity index (χ1) is 5.65. The van der Waals surface area contributed by atoms with E-state index in [9.17, 15) is 9.59 Å². The summed E-state index contributed by atoms with van der Waals surface area (Å²) >= 11 is 0. The highest BCUT2D eigenvalue weighted by Crippen LogP contribution is 2.21. The van der Waals surface area contributed by atoms with Gasteiger partial charge in [0.15, 0.2) is 0 Å². The van der Waals surface area contributed by atoms with Gasteiger partial charge >= 0.3 is 0 Å². The van der Waals surface area contributed by atoms with Crippen molar-refractivity contribution in [3.63, 3.8) is 0 Å². The molecule has 1 fully saturated rings. The van der Waals surface area contributed by atoms with E-state index < -0.39 is 0 Å². The molecule has 0 aliphatic carbocycles. The lowest BCUT2D eigenvalue weighted by molar-refractivity contribution is -0.126. The van der Waals surface area contributed by atoms with Gasteiger partial charge in [-0.1, -0.05) is 6.58 Å². The summed E-state index contributed by atoms with van der Waals surface area (Å²) in [5.41, 5.74) is 0. The lowest BCUT2D eigenvalue weighted by atomic mass is 10.1. The molecule has 0 saturated carbocycles. The molecule has 1 atom stereocenters. The Bertz CT molecular complexity index is 223. The summed E-state index contributed by atoms with van der Waals surface area (Å²) in [5.74, 6) is 0.206. The first kappa shape index (κ1) is 8.97. The fourth-order valence-corrected chi connectivity index (χ4v) is 1.55. The largest absolute Gasteiger partial charge is 0.316 e. The molecule has 0 radical (unpaired) electrons.